The van der Waals surface area contributed by atoms with E-state index in [-0.39, 0.29) is 6.09 Å². The second-order valence-electron chi connectivity index (χ2n) is 9.74. The highest BCUT2D eigenvalue weighted by Crippen LogP contribution is 2.34. The van der Waals surface area contributed by atoms with Crippen LogP contribution in [-0.2, 0) is 17.6 Å². The molecule has 0 spiro atoms. The van der Waals surface area contributed by atoms with Crippen LogP contribution in [0.2, 0.25) is 0 Å². The Hall–Kier alpha value is -2.21. The summed E-state index contributed by atoms with van der Waals surface area (Å²) in [5.41, 5.74) is 3.48. The first-order chi connectivity index (χ1) is 14.3. The SMILES string of the molecule is CC(Cc1c[nH]c2ccc3c(c12)CCCO3)NC1CCN(C(=O)OC(C)(C)C)CC1. The number of nitrogens with one attached hydrogen (secondary N) is 2. The number of aromatic amines is 1. The van der Waals surface area contributed by atoms with Crippen LogP contribution in [0.25, 0.3) is 10.9 Å². The molecule has 2 N–H and O–H groups in total. The van der Waals surface area contributed by atoms with Crippen molar-refractivity contribution in [2.45, 2.75) is 77.5 Å². The van der Waals surface area contributed by atoms with Crippen molar-refractivity contribution in [2.75, 3.05) is 19.7 Å². The number of rotatable bonds is 4. The van der Waals surface area contributed by atoms with Gasteiger partial charge < -0.3 is 24.7 Å². The Morgan fingerprint density at radius 3 is 2.83 bits per heavy atom. The quantitative estimate of drug-likeness (QED) is 0.779. The molecule has 0 radical (unpaired) electrons. The molecule has 6 nitrogen and oxygen atoms in total. The normalized spacial score (nSPS) is 18.7. The molecule has 1 saturated heterocycles. The summed E-state index contributed by atoms with van der Waals surface area (Å²) in [5.74, 6) is 1.05. The summed E-state index contributed by atoms with van der Waals surface area (Å²) in [5, 5.41) is 5.13. The number of fused-ring (bicyclic) bond motifs is 3. The molecular weight excluding hydrogens is 378 g/mol. The monoisotopic (exact) mass is 413 g/mol. The van der Waals surface area contributed by atoms with E-state index in [1.54, 1.807) is 0 Å². The summed E-state index contributed by atoms with van der Waals surface area (Å²) in [6.07, 6.45) is 7.02. The van der Waals surface area contributed by atoms with Crippen LogP contribution < -0.4 is 10.1 Å². The fraction of sp³-hybridized carbons (Fsp3) is 0.625. The van der Waals surface area contributed by atoms with E-state index >= 15 is 0 Å². The minimum absolute atomic E-state index is 0.195. The van der Waals surface area contributed by atoms with Gasteiger partial charge in [0.2, 0.25) is 0 Å². The second-order valence-corrected chi connectivity index (χ2v) is 9.74. The van der Waals surface area contributed by atoms with Crippen molar-refractivity contribution in [3.8, 4) is 5.75 Å². The molecule has 30 heavy (non-hydrogen) atoms. The maximum atomic E-state index is 12.3. The van der Waals surface area contributed by atoms with Crippen molar-refractivity contribution in [1.29, 1.82) is 0 Å². The molecule has 164 valence electrons. The van der Waals surface area contributed by atoms with Crippen LogP contribution in [0.1, 0.15) is 58.1 Å². The lowest BCUT2D eigenvalue weighted by molar-refractivity contribution is 0.0196. The molecule has 3 heterocycles. The van der Waals surface area contributed by atoms with Crippen molar-refractivity contribution in [1.82, 2.24) is 15.2 Å². The lowest BCUT2D eigenvalue weighted by atomic mass is 9.96. The number of carbonyl (C=O) groups excluding carboxylic acids is 1. The highest BCUT2D eigenvalue weighted by Gasteiger charge is 2.27. The minimum atomic E-state index is -0.440. The molecule has 6 heteroatoms. The molecule has 0 aliphatic carbocycles. The maximum absolute atomic E-state index is 12.3. The number of hydrogen-bond acceptors (Lipinski definition) is 4. The third-order valence-corrected chi connectivity index (χ3v) is 6.01. The summed E-state index contributed by atoms with van der Waals surface area (Å²) < 4.78 is 11.4. The zero-order valence-corrected chi connectivity index (χ0v) is 18.7. The molecule has 1 unspecified atom stereocenters. The smallest absolute Gasteiger partial charge is 0.410 e. The van der Waals surface area contributed by atoms with Crippen LogP contribution in [0.5, 0.6) is 5.75 Å². The summed E-state index contributed by atoms with van der Waals surface area (Å²) in [6, 6.07) is 5.02. The minimum Gasteiger partial charge on any atom is -0.493 e. The Morgan fingerprint density at radius 1 is 1.33 bits per heavy atom. The number of ether oxygens (including phenoxy) is 2. The number of nitrogens with zero attached hydrogens (tertiary/aromatic N) is 1. The number of hydrogen-bond donors (Lipinski definition) is 2. The Morgan fingerprint density at radius 2 is 2.10 bits per heavy atom. The molecule has 1 atom stereocenters. The number of aromatic nitrogens is 1. The van der Waals surface area contributed by atoms with E-state index < -0.39 is 5.60 Å². The Balaban J connectivity index is 1.34. The largest absolute Gasteiger partial charge is 0.493 e. The van der Waals surface area contributed by atoms with Crippen LogP contribution in [0, 0.1) is 0 Å². The fourth-order valence-electron chi connectivity index (χ4n) is 4.67. The van der Waals surface area contributed by atoms with E-state index in [9.17, 15) is 4.79 Å². The van der Waals surface area contributed by atoms with Gasteiger partial charge in [-0.05, 0) is 77.5 Å². The summed E-state index contributed by atoms with van der Waals surface area (Å²) in [4.78, 5) is 17.5. The standard InChI is InChI=1S/C24H35N3O3/c1-16(26-18-9-11-27(12-10-18)23(28)30-24(2,3)4)14-17-15-25-20-7-8-21-19(22(17)20)6-5-13-29-21/h7-8,15-16,18,25-26H,5-6,9-14H2,1-4H3. The maximum Gasteiger partial charge on any atom is 0.410 e. The van der Waals surface area contributed by atoms with Crippen LogP contribution in [0.15, 0.2) is 18.3 Å². The van der Waals surface area contributed by atoms with Gasteiger partial charge in [0, 0.05) is 47.8 Å². The van der Waals surface area contributed by atoms with E-state index in [2.05, 4.69) is 35.6 Å². The first kappa shape index (κ1) is 21.0. The van der Waals surface area contributed by atoms with Crippen molar-refractivity contribution in [2.24, 2.45) is 0 Å². The van der Waals surface area contributed by atoms with Crippen molar-refractivity contribution < 1.29 is 14.3 Å². The molecule has 4 rings (SSSR count). The van der Waals surface area contributed by atoms with Gasteiger partial charge in [0.1, 0.15) is 11.4 Å². The highest BCUT2D eigenvalue weighted by molar-refractivity contribution is 5.89. The summed E-state index contributed by atoms with van der Waals surface area (Å²) in [6.45, 7) is 10.3. The predicted molar refractivity (Wildman–Crippen MR) is 119 cm³/mol. The van der Waals surface area contributed by atoms with Gasteiger partial charge in [0.15, 0.2) is 0 Å². The van der Waals surface area contributed by atoms with E-state index in [1.807, 2.05) is 25.7 Å². The first-order valence-corrected chi connectivity index (χ1v) is 11.3. The van der Waals surface area contributed by atoms with Crippen LogP contribution in [0.4, 0.5) is 4.79 Å². The predicted octanol–water partition coefficient (Wildman–Crippen LogP) is 4.41. The van der Waals surface area contributed by atoms with Crippen LogP contribution in [-0.4, -0.2) is 53.4 Å². The van der Waals surface area contributed by atoms with Gasteiger partial charge in [-0.25, -0.2) is 4.79 Å². The van der Waals surface area contributed by atoms with Crippen LogP contribution >= 0.6 is 0 Å². The lowest BCUT2D eigenvalue weighted by Gasteiger charge is -2.35. The van der Waals surface area contributed by atoms with Crippen molar-refractivity contribution in [3.05, 3.63) is 29.5 Å². The Labute approximate surface area is 179 Å². The molecule has 0 bridgehead atoms. The lowest BCUT2D eigenvalue weighted by Crippen LogP contribution is -2.48. The third kappa shape index (κ3) is 4.75. The van der Waals surface area contributed by atoms with E-state index in [0.29, 0.717) is 12.1 Å². The highest BCUT2D eigenvalue weighted by atomic mass is 16.6. The van der Waals surface area contributed by atoms with Gasteiger partial charge >= 0.3 is 6.09 Å². The van der Waals surface area contributed by atoms with Crippen molar-refractivity contribution >= 4 is 17.0 Å². The molecule has 1 aromatic heterocycles. The second kappa shape index (κ2) is 8.50. The number of piperidine rings is 1. The van der Waals surface area contributed by atoms with E-state index in [1.165, 1.54) is 22.0 Å². The van der Waals surface area contributed by atoms with Gasteiger partial charge in [-0.2, -0.15) is 0 Å². The average Bonchev–Trinajstić information content (AvgIpc) is 3.10. The fourth-order valence-corrected chi connectivity index (χ4v) is 4.67. The number of amides is 1. The molecule has 2 aliphatic rings. The Bertz CT molecular complexity index is 891. The number of carbonyl (C=O) groups is 1. The molecule has 1 amide bonds. The van der Waals surface area contributed by atoms with Crippen molar-refractivity contribution in [3.63, 3.8) is 0 Å². The molecule has 0 saturated carbocycles. The number of likely N-dealkylation sites (tertiary alicyclic amines) is 1. The van der Waals surface area contributed by atoms with E-state index in [4.69, 9.17) is 9.47 Å². The number of H-pyrrole nitrogens is 1. The third-order valence-electron chi connectivity index (χ3n) is 6.01. The van der Waals surface area contributed by atoms with Gasteiger partial charge in [-0.3, -0.25) is 0 Å². The Kier molecular flexibility index (Phi) is 5.96. The number of benzene rings is 1. The summed E-state index contributed by atoms with van der Waals surface area (Å²) in [7, 11) is 0. The molecular formula is C24H35N3O3. The molecule has 2 aliphatic heterocycles. The topological polar surface area (TPSA) is 66.6 Å². The summed E-state index contributed by atoms with van der Waals surface area (Å²) >= 11 is 0. The van der Waals surface area contributed by atoms with Gasteiger partial charge in [0.25, 0.3) is 0 Å². The van der Waals surface area contributed by atoms with Gasteiger partial charge in [-0.15, -0.1) is 0 Å². The number of aryl methyl sites for hydroxylation is 1. The average molecular weight is 414 g/mol. The molecule has 1 fully saturated rings. The zero-order chi connectivity index (χ0) is 21.3. The first-order valence-electron chi connectivity index (χ1n) is 11.3. The zero-order valence-electron chi connectivity index (χ0n) is 18.7. The van der Waals surface area contributed by atoms with Crippen LogP contribution in [0.3, 0.4) is 0 Å². The van der Waals surface area contributed by atoms with Gasteiger partial charge in [-0.1, -0.05) is 0 Å². The van der Waals surface area contributed by atoms with E-state index in [0.717, 1.165) is 57.6 Å². The molecule has 2 aromatic rings. The molecule has 1 aromatic carbocycles. The van der Waals surface area contributed by atoms with Gasteiger partial charge in [0.05, 0.1) is 6.61 Å².